The van der Waals surface area contributed by atoms with Gasteiger partial charge in [0, 0.05) is 18.7 Å². The van der Waals surface area contributed by atoms with Gasteiger partial charge < -0.3 is 15.1 Å². The maximum atomic E-state index is 13.5. The van der Waals surface area contributed by atoms with E-state index in [2.05, 4.69) is 5.32 Å². The Bertz CT molecular complexity index is 1210. The number of carbonyl (C=O) groups is 3. The van der Waals surface area contributed by atoms with Gasteiger partial charge in [0.1, 0.15) is 6.04 Å². The van der Waals surface area contributed by atoms with Crippen molar-refractivity contribution in [3.05, 3.63) is 101 Å². The SMILES string of the molecule is O=C(NCc1ccccc1)c1cccc(CN2C(=O)C3CCCN3C(=O)c3ccccc32)c1. The molecule has 1 saturated heterocycles. The van der Waals surface area contributed by atoms with Crippen LogP contribution in [0.25, 0.3) is 0 Å². The average molecular weight is 440 g/mol. The number of carbonyl (C=O) groups excluding carboxylic acids is 3. The Balaban J connectivity index is 1.39. The van der Waals surface area contributed by atoms with Crippen molar-refractivity contribution in [2.45, 2.75) is 32.0 Å². The third-order valence-electron chi connectivity index (χ3n) is 6.32. The molecule has 0 saturated carbocycles. The summed E-state index contributed by atoms with van der Waals surface area (Å²) in [6, 6.07) is 23.9. The van der Waals surface area contributed by atoms with Crippen LogP contribution in [0.3, 0.4) is 0 Å². The minimum atomic E-state index is -0.428. The smallest absolute Gasteiger partial charge is 0.256 e. The zero-order valence-corrected chi connectivity index (χ0v) is 18.2. The molecule has 0 bridgehead atoms. The van der Waals surface area contributed by atoms with Gasteiger partial charge in [-0.05, 0) is 48.2 Å². The van der Waals surface area contributed by atoms with E-state index in [-0.39, 0.29) is 17.7 Å². The highest BCUT2D eigenvalue weighted by Crippen LogP contribution is 2.33. The second-order valence-corrected chi connectivity index (χ2v) is 8.47. The molecule has 33 heavy (non-hydrogen) atoms. The van der Waals surface area contributed by atoms with Crippen LogP contribution < -0.4 is 10.2 Å². The number of rotatable bonds is 5. The van der Waals surface area contributed by atoms with Crippen molar-refractivity contribution in [1.29, 1.82) is 0 Å². The number of fused-ring (bicyclic) bond motifs is 2. The largest absolute Gasteiger partial charge is 0.348 e. The summed E-state index contributed by atoms with van der Waals surface area (Å²) in [7, 11) is 0. The summed E-state index contributed by atoms with van der Waals surface area (Å²) >= 11 is 0. The van der Waals surface area contributed by atoms with Crippen molar-refractivity contribution in [2.75, 3.05) is 11.4 Å². The zero-order valence-electron chi connectivity index (χ0n) is 18.2. The summed E-state index contributed by atoms with van der Waals surface area (Å²) < 4.78 is 0. The normalized spacial score (nSPS) is 17.4. The summed E-state index contributed by atoms with van der Waals surface area (Å²) in [4.78, 5) is 42.7. The van der Waals surface area contributed by atoms with Gasteiger partial charge in [0.05, 0.1) is 17.8 Å². The molecule has 3 amide bonds. The van der Waals surface area contributed by atoms with Crippen molar-refractivity contribution in [2.24, 2.45) is 0 Å². The van der Waals surface area contributed by atoms with E-state index < -0.39 is 6.04 Å². The van der Waals surface area contributed by atoms with Gasteiger partial charge in [-0.2, -0.15) is 0 Å². The Kier molecular flexibility index (Phi) is 5.65. The number of hydrogen-bond donors (Lipinski definition) is 1. The van der Waals surface area contributed by atoms with Gasteiger partial charge in [0.25, 0.3) is 11.8 Å². The highest BCUT2D eigenvalue weighted by atomic mass is 16.2. The number of nitrogens with one attached hydrogen (secondary N) is 1. The first-order valence-electron chi connectivity index (χ1n) is 11.2. The maximum absolute atomic E-state index is 13.5. The number of amides is 3. The van der Waals surface area contributed by atoms with E-state index in [1.165, 1.54) is 0 Å². The van der Waals surface area contributed by atoms with Crippen LogP contribution in [-0.4, -0.2) is 35.2 Å². The summed E-state index contributed by atoms with van der Waals surface area (Å²) in [5, 5.41) is 2.95. The molecule has 0 aromatic heterocycles. The van der Waals surface area contributed by atoms with E-state index in [1.54, 1.807) is 21.9 Å². The Morgan fingerprint density at radius 2 is 1.67 bits per heavy atom. The molecule has 1 N–H and O–H groups in total. The quantitative estimate of drug-likeness (QED) is 0.658. The third kappa shape index (κ3) is 4.12. The van der Waals surface area contributed by atoms with E-state index in [4.69, 9.17) is 0 Å². The summed E-state index contributed by atoms with van der Waals surface area (Å²) in [5.41, 5.74) is 3.58. The molecule has 5 rings (SSSR count). The second-order valence-electron chi connectivity index (χ2n) is 8.47. The molecule has 0 radical (unpaired) electrons. The number of nitrogens with zero attached hydrogens (tertiary/aromatic N) is 2. The molecule has 2 aliphatic heterocycles. The molecule has 3 aromatic carbocycles. The second kappa shape index (κ2) is 8.90. The fraction of sp³-hybridized carbons (Fsp3) is 0.222. The Morgan fingerprint density at radius 3 is 2.52 bits per heavy atom. The van der Waals surface area contributed by atoms with E-state index in [1.807, 2.05) is 66.7 Å². The molecule has 166 valence electrons. The molecule has 6 nitrogen and oxygen atoms in total. The molecule has 3 aromatic rings. The van der Waals surface area contributed by atoms with Gasteiger partial charge in [-0.15, -0.1) is 0 Å². The van der Waals surface area contributed by atoms with Crippen LogP contribution in [-0.2, 0) is 17.9 Å². The fourth-order valence-electron chi connectivity index (χ4n) is 4.65. The first kappa shape index (κ1) is 20.9. The third-order valence-corrected chi connectivity index (χ3v) is 6.32. The first-order valence-corrected chi connectivity index (χ1v) is 11.2. The van der Waals surface area contributed by atoms with Crippen LogP contribution in [0, 0.1) is 0 Å². The van der Waals surface area contributed by atoms with Gasteiger partial charge >= 0.3 is 0 Å². The van der Waals surface area contributed by atoms with Gasteiger partial charge in [0.2, 0.25) is 5.91 Å². The van der Waals surface area contributed by atoms with Gasteiger partial charge in [-0.25, -0.2) is 0 Å². The molecule has 1 atom stereocenters. The van der Waals surface area contributed by atoms with Crippen LogP contribution in [0.2, 0.25) is 0 Å². The lowest BCUT2D eigenvalue weighted by Crippen LogP contribution is -2.44. The summed E-state index contributed by atoms with van der Waals surface area (Å²) in [5.74, 6) is -0.317. The predicted octanol–water partition coefficient (Wildman–Crippen LogP) is 3.77. The number of anilines is 1. The minimum absolute atomic E-state index is 0.0651. The first-order chi connectivity index (χ1) is 16.1. The molecule has 2 heterocycles. The Labute approximate surface area is 192 Å². The topological polar surface area (TPSA) is 69.7 Å². The molecule has 1 fully saturated rings. The molecular weight excluding hydrogens is 414 g/mol. The van der Waals surface area contributed by atoms with Crippen LogP contribution in [0.5, 0.6) is 0 Å². The van der Waals surface area contributed by atoms with Crippen molar-refractivity contribution >= 4 is 23.4 Å². The molecule has 0 aliphatic carbocycles. The molecule has 0 spiro atoms. The molecular formula is C27H25N3O3. The fourth-order valence-corrected chi connectivity index (χ4v) is 4.65. The van der Waals surface area contributed by atoms with Crippen LogP contribution in [0.1, 0.15) is 44.7 Å². The van der Waals surface area contributed by atoms with Gasteiger partial charge in [-0.1, -0.05) is 54.6 Å². The van der Waals surface area contributed by atoms with Gasteiger partial charge in [0.15, 0.2) is 0 Å². The number of hydrogen-bond acceptors (Lipinski definition) is 3. The number of benzene rings is 3. The van der Waals surface area contributed by atoms with E-state index >= 15 is 0 Å². The molecule has 6 heteroatoms. The van der Waals surface area contributed by atoms with Crippen molar-refractivity contribution < 1.29 is 14.4 Å². The summed E-state index contributed by atoms with van der Waals surface area (Å²) in [6.07, 6.45) is 1.51. The average Bonchev–Trinajstić information content (AvgIpc) is 3.33. The predicted molar refractivity (Wildman–Crippen MR) is 126 cm³/mol. The lowest BCUT2D eigenvalue weighted by atomic mass is 10.1. The molecule has 2 aliphatic rings. The summed E-state index contributed by atoms with van der Waals surface area (Å²) in [6.45, 7) is 1.35. The van der Waals surface area contributed by atoms with Gasteiger partial charge in [-0.3, -0.25) is 14.4 Å². The monoisotopic (exact) mass is 439 g/mol. The highest BCUT2D eigenvalue weighted by Gasteiger charge is 2.41. The van der Waals surface area contributed by atoms with Crippen LogP contribution in [0.15, 0.2) is 78.9 Å². The Hall–Kier alpha value is -3.93. The lowest BCUT2D eigenvalue weighted by Gasteiger charge is -2.26. The maximum Gasteiger partial charge on any atom is 0.256 e. The standard InChI is InChI=1S/C27H25N3O3/c31-25(28-17-19-8-2-1-3-9-19)21-11-6-10-20(16-21)18-30-23-13-5-4-12-22(23)26(32)29-15-7-14-24(29)27(30)33/h1-6,8-13,16,24H,7,14-15,17-18H2,(H,28,31). The van der Waals surface area contributed by atoms with Crippen LogP contribution >= 0.6 is 0 Å². The zero-order chi connectivity index (χ0) is 22.8. The van der Waals surface area contributed by atoms with E-state index in [0.29, 0.717) is 42.9 Å². The van der Waals surface area contributed by atoms with Crippen LogP contribution in [0.4, 0.5) is 5.69 Å². The van der Waals surface area contributed by atoms with E-state index in [9.17, 15) is 14.4 Å². The molecule has 1 unspecified atom stereocenters. The minimum Gasteiger partial charge on any atom is -0.348 e. The van der Waals surface area contributed by atoms with Crippen molar-refractivity contribution in [3.63, 3.8) is 0 Å². The number of para-hydroxylation sites is 1. The van der Waals surface area contributed by atoms with Crippen molar-refractivity contribution in [1.82, 2.24) is 10.2 Å². The van der Waals surface area contributed by atoms with E-state index in [0.717, 1.165) is 17.5 Å². The lowest BCUT2D eigenvalue weighted by molar-refractivity contribution is -0.122. The van der Waals surface area contributed by atoms with Crippen molar-refractivity contribution in [3.8, 4) is 0 Å². The highest BCUT2D eigenvalue weighted by molar-refractivity contribution is 6.11. The Morgan fingerprint density at radius 1 is 0.909 bits per heavy atom.